The maximum Gasteiger partial charge on any atom is 0.119 e. The van der Waals surface area contributed by atoms with Gasteiger partial charge in [-0.05, 0) is 44.2 Å². The molecule has 4 heteroatoms. The van der Waals surface area contributed by atoms with Crippen molar-refractivity contribution in [3.63, 3.8) is 0 Å². The second-order valence-electron chi connectivity index (χ2n) is 7.88. The van der Waals surface area contributed by atoms with Gasteiger partial charge in [0.1, 0.15) is 5.75 Å². The fourth-order valence-corrected chi connectivity index (χ4v) is 4.45. The predicted molar refractivity (Wildman–Crippen MR) is 97.3 cm³/mol. The summed E-state index contributed by atoms with van der Waals surface area (Å²) in [6.45, 7) is 13.1. The van der Waals surface area contributed by atoms with Crippen LogP contribution in [0, 0.1) is 22.2 Å². The molecule has 3 rings (SSSR count). The van der Waals surface area contributed by atoms with Crippen molar-refractivity contribution in [3.8, 4) is 11.8 Å². The average Bonchev–Trinajstić information content (AvgIpc) is 2.93. The molecule has 2 saturated heterocycles. The summed E-state index contributed by atoms with van der Waals surface area (Å²) in [5.74, 6) is 0.946. The van der Waals surface area contributed by atoms with Gasteiger partial charge in [-0.1, -0.05) is 13.8 Å². The van der Waals surface area contributed by atoms with Crippen molar-refractivity contribution in [2.24, 2.45) is 10.8 Å². The van der Waals surface area contributed by atoms with E-state index in [1.165, 1.54) is 5.69 Å². The standard InChI is InChI=1S/C20H29N3O/c1-4-24-18-9-7-17(8-10-18)23-15-19(2)13-22(12-6-5-11-21)14-20(19,3)16-23/h7-10H,4-6,12-16H2,1-3H3. The summed E-state index contributed by atoms with van der Waals surface area (Å²) in [4.78, 5) is 5.09. The Bertz CT molecular complexity index is 588. The van der Waals surface area contributed by atoms with E-state index in [0.717, 1.165) is 44.9 Å². The van der Waals surface area contributed by atoms with Crippen LogP contribution in [0.5, 0.6) is 5.75 Å². The Labute approximate surface area is 146 Å². The van der Waals surface area contributed by atoms with Gasteiger partial charge >= 0.3 is 0 Å². The first-order valence-corrected chi connectivity index (χ1v) is 9.07. The lowest BCUT2D eigenvalue weighted by molar-refractivity contribution is 0.212. The van der Waals surface area contributed by atoms with Crippen LogP contribution in [0.2, 0.25) is 0 Å². The third-order valence-corrected chi connectivity index (χ3v) is 5.96. The number of nitriles is 1. The molecule has 0 bridgehead atoms. The van der Waals surface area contributed by atoms with Gasteiger partial charge in [0.2, 0.25) is 0 Å². The van der Waals surface area contributed by atoms with Crippen LogP contribution in [-0.4, -0.2) is 44.2 Å². The molecule has 0 amide bonds. The molecule has 130 valence electrons. The second-order valence-corrected chi connectivity index (χ2v) is 7.88. The summed E-state index contributed by atoms with van der Waals surface area (Å²) < 4.78 is 5.55. The molecule has 2 heterocycles. The van der Waals surface area contributed by atoms with Crippen molar-refractivity contribution in [2.75, 3.05) is 44.2 Å². The Morgan fingerprint density at radius 2 is 1.71 bits per heavy atom. The van der Waals surface area contributed by atoms with Gasteiger partial charge < -0.3 is 14.5 Å². The molecular weight excluding hydrogens is 298 g/mol. The molecule has 2 aliphatic heterocycles. The van der Waals surface area contributed by atoms with Crippen molar-refractivity contribution in [1.29, 1.82) is 5.26 Å². The highest BCUT2D eigenvalue weighted by Gasteiger charge is 2.57. The lowest BCUT2D eigenvalue weighted by atomic mass is 9.71. The van der Waals surface area contributed by atoms with E-state index in [1.54, 1.807) is 0 Å². The van der Waals surface area contributed by atoms with Crippen molar-refractivity contribution in [3.05, 3.63) is 24.3 Å². The highest BCUT2D eigenvalue weighted by molar-refractivity contribution is 5.51. The maximum atomic E-state index is 8.73. The first kappa shape index (κ1) is 17.1. The minimum absolute atomic E-state index is 0.318. The minimum atomic E-state index is 0.318. The summed E-state index contributed by atoms with van der Waals surface area (Å²) in [7, 11) is 0. The van der Waals surface area contributed by atoms with Gasteiger partial charge in [0.15, 0.2) is 0 Å². The number of fused-ring (bicyclic) bond motifs is 1. The quantitative estimate of drug-likeness (QED) is 0.749. The van der Waals surface area contributed by atoms with E-state index in [2.05, 4.69) is 54.0 Å². The molecule has 0 N–H and O–H groups in total. The highest BCUT2D eigenvalue weighted by Crippen LogP contribution is 2.52. The topological polar surface area (TPSA) is 39.5 Å². The summed E-state index contributed by atoms with van der Waals surface area (Å²) >= 11 is 0. The number of likely N-dealkylation sites (tertiary alicyclic amines) is 1. The van der Waals surface area contributed by atoms with E-state index >= 15 is 0 Å². The van der Waals surface area contributed by atoms with Gasteiger partial charge in [0.25, 0.3) is 0 Å². The first-order chi connectivity index (χ1) is 11.5. The molecule has 24 heavy (non-hydrogen) atoms. The van der Waals surface area contributed by atoms with Crippen LogP contribution in [0.1, 0.15) is 33.6 Å². The molecule has 0 saturated carbocycles. The molecule has 0 aliphatic carbocycles. The molecule has 0 spiro atoms. The monoisotopic (exact) mass is 327 g/mol. The van der Waals surface area contributed by atoms with Gasteiger partial charge in [-0.2, -0.15) is 5.26 Å². The number of ether oxygens (including phenoxy) is 1. The highest BCUT2D eigenvalue weighted by atomic mass is 16.5. The van der Waals surface area contributed by atoms with Gasteiger partial charge in [-0.25, -0.2) is 0 Å². The van der Waals surface area contributed by atoms with E-state index in [1.807, 2.05) is 6.92 Å². The molecule has 2 unspecified atom stereocenters. The fraction of sp³-hybridized carbons (Fsp3) is 0.650. The van der Waals surface area contributed by atoms with Crippen molar-refractivity contribution < 1.29 is 4.74 Å². The molecule has 0 radical (unpaired) electrons. The van der Waals surface area contributed by atoms with E-state index in [0.29, 0.717) is 23.9 Å². The zero-order valence-electron chi connectivity index (χ0n) is 15.2. The largest absolute Gasteiger partial charge is 0.494 e. The molecule has 2 fully saturated rings. The molecule has 2 atom stereocenters. The Hall–Kier alpha value is -1.73. The van der Waals surface area contributed by atoms with Crippen molar-refractivity contribution in [2.45, 2.75) is 33.6 Å². The zero-order valence-corrected chi connectivity index (χ0v) is 15.2. The number of hydrogen-bond acceptors (Lipinski definition) is 4. The lowest BCUT2D eigenvalue weighted by Crippen LogP contribution is -2.34. The Balaban J connectivity index is 1.65. The Morgan fingerprint density at radius 3 is 2.25 bits per heavy atom. The molecule has 2 aliphatic rings. The van der Waals surface area contributed by atoms with Crippen LogP contribution in [0.4, 0.5) is 5.69 Å². The number of anilines is 1. The second kappa shape index (κ2) is 6.64. The van der Waals surface area contributed by atoms with Crippen molar-refractivity contribution >= 4 is 5.69 Å². The first-order valence-electron chi connectivity index (χ1n) is 9.07. The molecule has 4 nitrogen and oxygen atoms in total. The molecular formula is C20H29N3O. The number of unbranched alkanes of at least 4 members (excludes halogenated alkanes) is 1. The fourth-order valence-electron chi connectivity index (χ4n) is 4.45. The average molecular weight is 327 g/mol. The van der Waals surface area contributed by atoms with Gasteiger partial charge in [-0.15, -0.1) is 0 Å². The van der Waals surface area contributed by atoms with Crippen molar-refractivity contribution in [1.82, 2.24) is 4.90 Å². The minimum Gasteiger partial charge on any atom is -0.494 e. The maximum absolute atomic E-state index is 8.73. The third kappa shape index (κ3) is 3.10. The lowest BCUT2D eigenvalue weighted by Gasteiger charge is -2.30. The van der Waals surface area contributed by atoms with E-state index in [-0.39, 0.29) is 0 Å². The summed E-state index contributed by atoms with van der Waals surface area (Å²) in [5.41, 5.74) is 1.93. The Morgan fingerprint density at radius 1 is 1.08 bits per heavy atom. The van der Waals surface area contributed by atoms with Gasteiger partial charge in [-0.3, -0.25) is 0 Å². The van der Waals surface area contributed by atoms with Crippen LogP contribution in [0.15, 0.2) is 24.3 Å². The SMILES string of the molecule is CCOc1ccc(N2CC3(C)CN(CCCC#N)CC3(C)C2)cc1. The normalized spacial score (nSPS) is 29.5. The summed E-state index contributed by atoms with van der Waals surface area (Å²) in [6, 6.07) is 10.8. The Kier molecular flexibility index (Phi) is 4.73. The number of nitrogens with zero attached hydrogens (tertiary/aromatic N) is 3. The molecule has 0 aromatic heterocycles. The van der Waals surface area contributed by atoms with E-state index < -0.39 is 0 Å². The third-order valence-electron chi connectivity index (χ3n) is 5.96. The van der Waals surface area contributed by atoms with Gasteiger partial charge in [0, 0.05) is 49.1 Å². The van der Waals surface area contributed by atoms with Crippen LogP contribution >= 0.6 is 0 Å². The zero-order chi connectivity index (χ0) is 17.2. The molecule has 1 aromatic carbocycles. The van der Waals surface area contributed by atoms with Crippen LogP contribution in [0.3, 0.4) is 0 Å². The smallest absolute Gasteiger partial charge is 0.119 e. The summed E-state index contributed by atoms with van der Waals surface area (Å²) in [5, 5.41) is 8.73. The number of rotatable bonds is 6. The summed E-state index contributed by atoms with van der Waals surface area (Å²) in [6.07, 6.45) is 1.66. The van der Waals surface area contributed by atoms with Crippen LogP contribution in [0.25, 0.3) is 0 Å². The number of benzene rings is 1. The van der Waals surface area contributed by atoms with E-state index in [9.17, 15) is 0 Å². The van der Waals surface area contributed by atoms with Crippen LogP contribution < -0.4 is 9.64 Å². The molecule has 1 aromatic rings. The van der Waals surface area contributed by atoms with E-state index in [4.69, 9.17) is 10.00 Å². The van der Waals surface area contributed by atoms with Crippen LogP contribution in [-0.2, 0) is 0 Å². The van der Waals surface area contributed by atoms with Gasteiger partial charge in [0.05, 0.1) is 12.7 Å². The number of hydrogen-bond donors (Lipinski definition) is 0. The predicted octanol–water partition coefficient (Wildman–Crippen LogP) is 3.54.